The summed E-state index contributed by atoms with van der Waals surface area (Å²) in [7, 11) is -2.59. The Kier molecular flexibility index (Phi) is 6.75. The largest absolute Gasteiger partial charge is 0.337 e. The van der Waals surface area contributed by atoms with E-state index in [1.165, 1.54) is 72.6 Å². The van der Waals surface area contributed by atoms with Gasteiger partial charge in [0.2, 0.25) is 0 Å². The van der Waals surface area contributed by atoms with Crippen LogP contribution >= 0.6 is 11.6 Å². The third kappa shape index (κ3) is 5.21. The van der Waals surface area contributed by atoms with Gasteiger partial charge in [-0.15, -0.1) is 0 Å². The van der Waals surface area contributed by atoms with Crippen LogP contribution < -0.4 is 4.72 Å². The number of amides is 1. The van der Waals surface area contributed by atoms with E-state index in [0.29, 0.717) is 0 Å². The summed E-state index contributed by atoms with van der Waals surface area (Å²) in [6.45, 7) is -0.0501. The molecule has 0 aliphatic carbocycles. The van der Waals surface area contributed by atoms with Crippen molar-refractivity contribution < 1.29 is 22.5 Å². The lowest BCUT2D eigenvalue weighted by molar-refractivity contribution is -0.385. The normalized spacial score (nSPS) is 11.1. The highest BCUT2D eigenvalue weighted by molar-refractivity contribution is 7.92. The molecule has 0 aliphatic heterocycles. The zero-order valence-corrected chi connectivity index (χ0v) is 18.2. The number of hydrogen-bond donors (Lipinski definition) is 1. The highest BCUT2D eigenvalue weighted by Gasteiger charge is 2.19. The molecule has 1 amide bonds. The first-order chi connectivity index (χ1) is 15.1. The number of nitrogens with zero attached hydrogens (tertiary/aromatic N) is 2. The summed E-state index contributed by atoms with van der Waals surface area (Å²) in [5.74, 6) is -0.944. The van der Waals surface area contributed by atoms with Crippen LogP contribution in [0.3, 0.4) is 0 Å². The van der Waals surface area contributed by atoms with E-state index in [9.17, 15) is 27.7 Å². The number of nitrogens with one attached hydrogen (secondary N) is 1. The van der Waals surface area contributed by atoms with Crippen LogP contribution in [0.1, 0.15) is 15.9 Å². The first-order valence-corrected chi connectivity index (χ1v) is 11.0. The fourth-order valence-electron chi connectivity index (χ4n) is 2.87. The topological polar surface area (TPSA) is 110 Å². The van der Waals surface area contributed by atoms with E-state index in [0.717, 1.165) is 6.07 Å². The molecule has 3 aromatic rings. The Labute approximate surface area is 188 Å². The van der Waals surface area contributed by atoms with Gasteiger partial charge in [0, 0.05) is 47.6 Å². The molecule has 0 aromatic heterocycles. The third-order valence-electron chi connectivity index (χ3n) is 4.53. The minimum atomic E-state index is -4.08. The number of benzene rings is 3. The molecular weight excluding hydrogens is 461 g/mol. The molecule has 0 unspecified atom stereocenters. The zero-order chi connectivity index (χ0) is 23.5. The average molecular weight is 478 g/mol. The Morgan fingerprint density at radius 1 is 1.12 bits per heavy atom. The van der Waals surface area contributed by atoms with Crippen molar-refractivity contribution in [3.05, 3.63) is 98.8 Å². The molecule has 3 aromatic carbocycles. The Balaban J connectivity index is 1.73. The van der Waals surface area contributed by atoms with Gasteiger partial charge in [-0.3, -0.25) is 19.6 Å². The summed E-state index contributed by atoms with van der Waals surface area (Å²) in [6.07, 6.45) is 0. The second-order valence-electron chi connectivity index (χ2n) is 6.80. The van der Waals surface area contributed by atoms with Crippen molar-refractivity contribution in [1.82, 2.24) is 4.90 Å². The van der Waals surface area contributed by atoms with Gasteiger partial charge in [0.05, 0.1) is 9.82 Å². The number of carbonyl (C=O) groups is 1. The van der Waals surface area contributed by atoms with Gasteiger partial charge in [-0.1, -0.05) is 23.7 Å². The second kappa shape index (κ2) is 9.33. The lowest BCUT2D eigenvalue weighted by Crippen LogP contribution is -2.26. The smallest absolute Gasteiger partial charge is 0.270 e. The van der Waals surface area contributed by atoms with Gasteiger partial charge in [-0.25, -0.2) is 12.8 Å². The number of anilines is 1. The summed E-state index contributed by atoms with van der Waals surface area (Å²) in [6, 6.07) is 14.5. The van der Waals surface area contributed by atoms with Crippen molar-refractivity contribution in [3.63, 3.8) is 0 Å². The quantitative estimate of drug-likeness (QED) is 0.399. The van der Waals surface area contributed by atoms with Crippen LogP contribution in [0.25, 0.3) is 0 Å². The van der Waals surface area contributed by atoms with E-state index in [2.05, 4.69) is 4.72 Å². The summed E-state index contributed by atoms with van der Waals surface area (Å²) in [5, 5.41) is 11.1. The minimum absolute atomic E-state index is 0.0501. The van der Waals surface area contributed by atoms with Crippen LogP contribution in [-0.4, -0.2) is 31.2 Å². The molecule has 1 N–H and O–H groups in total. The predicted octanol–water partition coefficient (Wildman–Crippen LogP) is 4.46. The zero-order valence-electron chi connectivity index (χ0n) is 16.7. The van der Waals surface area contributed by atoms with Crippen molar-refractivity contribution in [2.45, 2.75) is 11.4 Å². The maximum Gasteiger partial charge on any atom is 0.270 e. The fraction of sp³-hybridized carbons (Fsp3) is 0.0952. The predicted molar refractivity (Wildman–Crippen MR) is 118 cm³/mol. The van der Waals surface area contributed by atoms with Crippen molar-refractivity contribution >= 4 is 38.9 Å². The van der Waals surface area contributed by atoms with E-state index in [-0.39, 0.29) is 39.0 Å². The summed E-state index contributed by atoms with van der Waals surface area (Å²) in [4.78, 5) is 23.8. The highest BCUT2D eigenvalue weighted by Crippen LogP contribution is 2.23. The first kappa shape index (κ1) is 23.2. The SMILES string of the molecule is CN(Cc1c(F)cccc1Cl)C(=O)c1ccc(NS(=O)(=O)c2cccc([N+](=O)[O-])c2)cc1. The molecule has 0 radical (unpaired) electrons. The Morgan fingerprint density at radius 3 is 2.41 bits per heavy atom. The number of sulfonamides is 1. The van der Waals surface area contributed by atoms with Crippen molar-refractivity contribution in [2.24, 2.45) is 0 Å². The molecule has 0 atom stereocenters. The molecule has 11 heteroatoms. The number of halogens is 2. The molecule has 0 spiro atoms. The lowest BCUT2D eigenvalue weighted by Gasteiger charge is -2.19. The van der Waals surface area contributed by atoms with Gasteiger partial charge < -0.3 is 4.90 Å². The van der Waals surface area contributed by atoms with Crippen LogP contribution in [0.2, 0.25) is 5.02 Å². The maximum atomic E-state index is 14.0. The van der Waals surface area contributed by atoms with Crippen LogP contribution in [0, 0.1) is 15.9 Å². The third-order valence-corrected chi connectivity index (χ3v) is 6.26. The minimum Gasteiger partial charge on any atom is -0.337 e. The van der Waals surface area contributed by atoms with Gasteiger partial charge in [0.1, 0.15) is 5.82 Å². The molecule has 0 bridgehead atoms. The van der Waals surface area contributed by atoms with E-state index in [4.69, 9.17) is 11.6 Å². The van der Waals surface area contributed by atoms with Crippen LogP contribution in [-0.2, 0) is 16.6 Å². The lowest BCUT2D eigenvalue weighted by atomic mass is 10.1. The van der Waals surface area contributed by atoms with Gasteiger partial charge >= 0.3 is 0 Å². The molecule has 0 aliphatic rings. The van der Waals surface area contributed by atoms with E-state index < -0.39 is 26.7 Å². The molecule has 0 saturated carbocycles. The second-order valence-corrected chi connectivity index (χ2v) is 8.89. The van der Waals surface area contributed by atoms with Crippen LogP contribution in [0.5, 0.6) is 0 Å². The van der Waals surface area contributed by atoms with Crippen LogP contribution in [0.15, 0.2) is 71.6 Å². The molecule has 0 heterocycles. The fourth-order valence-corrected chi connectivity index (χ4v) is 4.19. The molecule has 0 saturated heterocycles. The molecular formula is C21H17ClFN3O5S. The molecule has 166 valence electrons. The molecule has 8 nitrogen and oxygen atoms in total. The molecule has 0 fully saturated rings. The van der Waals surface area contributed by atoms with Gasteiger partial charge in [0.15, 0.2) is 0 Å². The Bertz CT molecular complexity index is 1260. The highest BCUT2D eigenvalue weighted by atomic mass is 35.5. The molecule has 3 rings (SSSR count). The maximum absolute atomic E-state index is 14.0. The van der Waals surface area contributed by atoms with E-state index >= 15 is 0 Å². The van der Waals surface area contributed by atoms with E-state index in [1.54, 1.807) is 0 Å². The summed E-state index contributed by atoms with van der Waals surface area (Å²) < 4.78 is 41.3. The van der Waals surface area contributed by atoms with Crippen molar-refractivity contribution in [1.29, 1.82) is 0 Å². The van der Waals surface area contributed by atoms with Gasteiger partial charge in [-0.05, 0) is 42.5 Å². The van der Waals surface area contributed by atoms with Crippen LogP contribution in [0.4, 0.5) is 15.8 Å². The number of nitro groups is 1. The molecule has 32 heavy (non-hydrogen) atoms. The number of hydrogen-bond acceptors (Lipinski definition) is 5. The number of nitro benzene ring substituents is 1. The average Bonchev–Trinajstić information content (AvgIpc) is 2.76. The monoisotopic (exact) mass is 477 g/mol. The number of non-ortho nitro benzene ring substituents is 1. The summed E-state index contributed by atoms with van der Waals surface area (Å²) in [5.41, 5.74) is 0.240. The van der Waals surface area contributed by atoms with Gasteiger partial charge in [-0.2, -0.15) is 0 Å². The standard InChI is InChI=1S/C21H17ClFN3O5S/c1-25(13-18-19(22)6-3-7-20(18)23)21(27)14-8-10-15(11-9-14)24-32(30,31)17-5-2-4-16(12-17)26(28)29/h2-12,24H,13H2,1H3. The Morgan fingerprint density at radius 2 is 1.78 bits per heavy atom. The van der Waals surface area contributed by atoms with Crippen molar-refractivity contribution in [2.75, 3.05) is 11.8 Å². The van der Waals surface area contributed by atoms with E-state index in [1.807, 2.05) is 0 Å². The first-order valence-electron chi connectivity index (χ1n) is 9.14. The number of rotatable bonds is 7. The number of carbonyl (C=O) groups excluding carboxylic acids is 1. The van der Waals surface area contributed by atoms with Crippen molar-refractivity contribution in [3.8, 4) is 0 Å². The summed E-state index contributed by atoms with van der Waals surface area (Å²) >= 11 is 6.00. The Hall–Kier alpha value is -3.50. The van der Waals surface area contributed by atoms with Gasteiger partial charge in [0.25, 0.3) is 21.6 Å².